The molecule has 14 heavy (non-hydrogen) atoms. The summed E-state index contributed by atoms with van der Waals surface area (Å²) in [5.41, 5.74) is 1.93. The Balaban J connectivity index is 2.68. The molecule has 1 unspecified atom stereocenters. The number of aliphatic hydroxyl groups is 1. The maximum Gasteiger partial charge on any atom is 0.0659 e. The first-order chi connectivity index (χ1) is 6.53. The second-order valence-corrected chi connectivity index (χ2v) is 4.41. The number of rotatable bonds is 4. The quantitative estimate of drug-likeness (QED) is 0.777. The Kier molecular flexibility index (Phi) is 3.70. The second kappa shape index (κ2) is 4.61. The van der Waals surface area contributed by atoms with E-state index in [1.807, 2.05) is 13.0 Å². The standard InChI is InChI=1S/C13H20O/c1-4-8-13(3,14)10-12-7-5-6-11(2)9-12/h5-7,9,14H,4,8,10H2,1-3H3. The Morgan fingerprint density at radius 2 is 2.07 bits per heavy atom. The average molecular weight is 192 g/mol. The summed E-state index contributed by atoms with van der Waals surface area (Å²) in [4.78, 5) is 0. The zero-order valence-corrected chi connectivity index (χ0v) is 9.38. The largest absolute Gasteiger partial charge is 0.390 e. The normalized spacial score (nSPS) is 15.1. The third kappa shape index (κ3) is 3.51. The van der Waals surface area contributed by atoms with Crippen LogP contribution in [0.3, 0.4) is 0 Å². The lowest BCUT2D eigenvalue weighted by atomic mass is 9.92. The lowest BCUT2D eigenvalue weighted by Gasteiger charge is -2.22. The van der Waals surface area contributed by atoms with Gasteiger partial charge in [0.1, 0.15) is 0 Å². The fraction of sp³-hybridized carbons (Fsp3) is 0.538. The van der Waals surface area contributed by atoms with Gasteiger partial charge in [-0.25, -0.2) is 0 Å². The van der Waals surface area contributed by atoms with E-state index in [-0.39, 0.29) is 0 Å². The van der Waals surface area contributed by atoms with Gasteiger partial charge in [0, 0.05) is 6.42 Å². The summed E-state index contributed by atoms with van der Waals surface area (Å²) in [6, 6.07) is 8.35. The number of hydrogen-bond acceptors (Lipinski definition) is 1. The number of aryl methyl sites for hydroxylation is 1. The molecule has 0 aromatic heterocycles. The Morgan fingerprint density at radius 1 is 1.36 bits per heavy atom. The molecule has 0 aliphatic heterocycles. The second-order valence-electron chi connectivity index (χ2n) is 4.41. The molecular formula is C13H20O. The summed E-state index contributed by atoms with van der Waals surface area (Å²) in [5, 5.41) is 10.1. The van der Waals surface area contributed by atoms with Gasteiger partial charge < -0.3 is 5.11 Å². The Hall–Kier alpha value is -0.820. The molecule has 78 valence electrons. The first-order valence-corrected chi connectivity index (χ1v) is 5.31. The van der Waals surface area contributed by atoms with E-state index in [0.717, 1.165) is 19.3 Å². The molecule has 0 bridgehead atoms. The Morgan fingerprint density at radius 3 is 2.64 bits per heavy atom. The zero-order chi connectivity index (χ0) is 10.6. The minimum Gasteiger partial charge on any atom is -0.390 e. The van der Waals surface area contributed by atoms with Crippen molar-refractivity contribution in [3.63, 3.8) is 0 Å². The first kappa shape index (κ1) is 11.3. The van der Waals surface area contributed by atoms with E-state index in [1.54, 1.807) is 0 Å². The van der Waals surface area contributed by atoms with Crippen LogP contribution < -0.4 is 0 Å². The maximum atomic E-state index is 10.1. The lowest BCUT2D eigenvalue weighted by Crippen LogP contribution is -2.26. The van der Waals surface area contributed by atoms with Crippen LogP contribution in [0.25, 0.3) is 0 Å². The van der Waals surface area contributed by atoms with Gasteiger partial charge in [-0.2, -0.15) is 0 Å². The lowest BCUT2D eigenvalue weighted by molar-refractivity contribution is 0.0505. The summed E-state index contributed by atoms with van der Waals surface area (Å²) in [6.07, 6.45) is 2.64. The van der Waals surface area contributed by atoms with Crippen LogP contribution in [0.15, 0.2) is 24.3 Å². The Bertz CT molecular complexity index is 289. The third-order valence-electron chi connectivity index (χ3n) is 2.46. The molecule has 0 heterocycles. The molecular weight excluding hydrogens is 172 g/mol. The van der Waals surface area contributed by atoms with Gasteiger partial charge in [0.25, 0.3) is 0 Å². The molecule has 0 aliphatic rings. The van der Waals surface area contributed by atoms with E-state index in [0.29, 0.717) is 0 Å². The molecule has 1 aromatic carbocycles. The van der Waals surface area contributed by atoms with Crippen molar-refractivity contribution in [2.75, 3.05) is 0 Å². The summed E-state index contributed by atoms with van der Waals surface area (Å²) in [5.74, 6) is 0. The smallest absolute Gasteiger partial charge is 0.0659 e. The van der Waals surface area contributed by atoms with Crippen LogP contribution in [0.5, 0.6) is 0 Å². The van der Waals surface area contributed by atoms with Crippen molar-refractivity contribution in [3.8, 4) is 0 Å². The molecule has 0 saturated heterocycles. The molecule has 1 heteroatoms. The fourth-order valence-corrected chi connectivity index (χ4v) is 1.89. The van der Waals surface area contributed by atoms with Crippen molar-refractivity contribution < 1.29 is 5.11 Å². The van der Waals surface area contributed by atoms with Crippen LogP contribution in [-0.2, 0) is 6.42 Å². The van der Waals surface area contributed by atoms with Gasteiger partial charge >= 0.3 is 0 Å². The first-order valence-electron chi connectivity index (χ1n) is 5.31. The fourth-order valence-electron chi connectivity index (χ4n) is 1.89. The van der Waals surface area contributed by atoms with E-state index < -0.39 is 5.60 Å². The van der Waals surface area contributed by atoms with Crippen molar-refractivity contribution >= 4 is 0 Å². The van der Waals surface area contributed by atoms with Crippen molar-refractivity contribution in [1.29, 1.82) is 0 Å². The molecule has 0 fully saturated rings. The van der Waals surface area contributed by atoms with Gasteiger partial charge in [0.05, 0.1) is 5.60 Å². The predicted molar refractivity (Wildman–Crippen MR) is 60.4 cm³/mol. The Labute approximate surface area is 86.8 Å². The molecule has 0 radical (unpaired) electrons. The number of hydrogen-bond donors (Lipinski definition) is 1. The molecule has 0 aliphatic carbocycles. The average Bonchev–Trinajstić information content (AvgIpc) is 2.02. The van der Waals surface area contributed by atoms with E-state index in [2.05, 4.69) is 32.0 Å². The van der Waals surface area contributed by atoms with Crippen LogP contribution in [0.2, 0.25) is 0 Å². The summed E-state index contributed by atoms with van der Waals surface area (Å²) < 4.78 is 0. The summed E-state index contributed by atoms with van der Waals surface area (Å²) in [6.45, 7) is 6.10. The van der Waals surface area contributed by atoms with Crippen LogP contribution in [-0.4, -0.2) is 10.7 Å². The van der Waals surface area contributed by atoms with Crippen molar-refractivity contribution in [3.05, 3.63) is 35.4 Å². The highest BCUT2D eigenvalue weighted by Crippen LogP contribution is 2.18. The molecule has 1 rings (SSSR count). The van der Waals surface area contributed by atoms with Crippen molar-refractivity contribution in [2.24, 2.45) is 0 Å². The van der Waals surface area contributed by atoms with Gasteiger partial charge in [0.2, 0.25) is 0 Å². The van der Waals surface area contributed by atoms with Gasteiger partial charge in [-0.1, -0.05) is 43.2 Å². The van der Waals surface area contributed by atoms with Gasteiger partial charge in [-0.15, -0.1) is 0 Å². The SMILES string of the molecule is CCCC(C)(O)Cc1cccc(C)c1. The molecule has 1 aromatic rings. The van der Waals surface area contributed by atoms with E-state index in [9.17, 15) is 5.11 Å². The topological polar surface area (TPSA) is 20.2 Å². The minimum atomic E-state index is -0.553. The van der Waals surface area contributed by atoms with Gasteiger partial charge in [-0.05, 0) is 25.8 Å². The molecule has 1 atom stereocenters. The molecule has 1 N–H and O–H groups in total. The third-order valence-corrected chi connectivity index (χ3v) is 2.46. The molecule has 0 amide bonds. The monoisotopic (exact) mass is 192 g/mol. The highest BCUT2D eigenvalue weighted by Gasteiger charge is 2.19. The van der Waals surface area contributed by atoms with Crippen LogP contribution >= 0.6 is 0 Å². The maximum absolute atomic E-state index is 10.1. The highest BCUT2D eigenvalue weighted by molar-refractivity contribution is 5.23. The predicted octanol–water partition coefficient (Wildman–Crippen LogP) is 3.09. The summed E-state index contributed by atoms with van der Waals surface area (Å²) in [7, 11) is 0. The minimum absolute atomic E-state index is 0.553. The molecule has 0 saturated carbocycles. The highest BCUT2D eigenvalue weighted by atomic mass is 16.3. The van der Waals surface area contributed by atoms with Crippen LogP contribution in [0.1, 0.15) is 37.8 Å². The van der Waals surface area contributed by atoms with E-state index in [4.69, 9.17) is 0 Å². The van der Waals surface area contributed by atoms with Crippen LogP contribution in [0, 0.1) is 6.92 Å². The molecule has 1 nitrogen and oxygen atoms in total. The van der Waals surface area contributed by atoms with Crippen molar-refractivity contribution in [2.45, 2.75) is 45.6 Å². The van der Waals surface area contributed by atoms with Crippen molar-refractivity contribution in [1.82, 2.24) is 0 Å². The summed E-state index contributed by atoms with van der Waals surface area (Å²) >= 11 is 0. The molecule has 0 spiro atoms. The zero-order valence-electron chi connectivity index (χ0n) is 9.38. The van der Waals surface area contributed by atoms with E-state index >= 15 is 0 Å². The van der Waals surface area contributed by atoms with Gasteiger partial charge in [0.15, 0.2) is 0 Å². The van der Waals surface area contributed by atoms with Gasteiger partial charge in [-0.3, -0.25) is 0 Å². The van der Waals surface area contributed by atoms with Crippen LogP contribution in [0.4, 0.5) is 0 Å². The van der Waals surface area contributed by atoms with E-state index in [1.165, 1.54) is 11.1 Å². The number of benzene rings is 1.